The zero-order valence-corrected chi connectivity index (χ0v) is 13.2. The molecular weight excluding hydrogens is 316 g/mol. The summed E-state index contributed by atoms with van der Waals surface area (Å²) in [5, 5.41) is -1.31. The van der Waals surface area contributed by atoms with Crippen LogP contribution in [0.5, 0.6) is 5.75 Å². The summed E-state index contributed by atoms with van der Waals surface area (Å²) in [6.07, 6.45) is 0. The number of ether oxygens (including phenoxy) is 2. The smallest absolute Gasteiger partial charge is 0.325 e. The monoisotopic (exact) mass is 332 g/mol. The van der Waals surface area contributed by atoms with E-state index in [1.807, 2.05) is 0 Å². The van der Waals surface area contributed by atoms with Crippen LogP contribution in [-0.4, -0.2) is 38.3 Å². The van der Waals surface area contributed by atoms with Gasteiger partial charge in [0.25, 0.3) is 0 Å². The molecule has 1 aromatic rings. The van der Waals surface area contributed by atoms with Gasteiger partial charge in [0, 0.05) is 5.69 Å². The van der Waals surface area contributed by atoms with E-state index < -0.39 is 21.2 Å². The van der Waals surface area contributed by atoms with Crippen molar-refractivity contribution in [2.45, 2.75) is 12.2 Å². The molecule has 1 rings (SSSR count). The molecule has 0 amide bonds. The molecule has 1 unspecified atom stereocenters. The molecule has 116 valence electrons. The number of nitrogens with two attached hydrogens (primary N) is 1. The summed E-state index contributed by atoms with van der Waals surface area (Å²) in [7, 11) is -2.74. The highest BCUT2D eigenvalue weighted by atomic mass is 32.2. The average Bonchev–Trinajstić information content (AvgIpc) is 2.44. The van der Waals surface area contributed by atoms with Gasteiger partial charge in [-0.1, -0.05) is 12.2 Å². The lowest BCUT2D eigenvalue weighted by atomic mass is 10.3. The fraction of sp³-hybridized carbons (Fsp3) is 0.333. The maximum Gasteiger partial charge on any atom is 0.325 e. The number of rotatable bonds is 7. The molecule has 0 fully saturated rings. The highest BCUT2D eigenvalue weighted by Crippen LogP contribution is 2.18. The Morgan fingerprint density at radius 1 is 1.38 bits per heavy atom. The first kappa shape index (κ1) is 17.2. The molecule has 0 aliphatic rings. The largest absolute Gasteiger partial charge is 0.487 e. The first-order valence-electron chi connectivity index (χ1n) is 5.87. The number of sulfonamides is 1. The Kier molecular flexibility index (Phi) is 5.91. The SMILES string of the molecule is COC(=O)C(C)S(=O)(=O)Nc1ccc(OCC(N)=S)cc1. The van der Waals surface area contributed by atoms with Crippen LogP contribution in [0.15, 0.2) is 24.3 Å². The summed E-state index contributed by atoms with van der Waals surface area (Å²) in [5.74, 6) is -0.342. The molecule has 21 heavy (non-hydrogen) atoms. The zero-order valence-electron chi connectivity index (χ0n) is 11.5. The number of hydrogen-bond donors (Lipinski definition) is 2. The lowest BCUT2D eigenvalue weighted by molar-refractivity contribution is -0.139. The van der Waals surface area contributed by atoms with E-state index in [9.17, 15) is 13.2 Å². The highest BCUT2D eigenvalue weighted by Gasteiger charge is 2.28. The van der Waals surface area contributed by atoms with Gasteiger partial charge in [0.15, 0.2) is 5.25 Å². The number of thiocarbonyl (C=S) groups is 1. The summed E-state index contributed by atoms with van der Waals surface area (Å²) >= 11 is 4.67. The van der Waals surface area contributed by atoms with Crippen molar-refractivity contribution in [1.82, 2.24) is 0 Å². The summed E-state index contributed by atoms with van der Waals surface area (Å²) in [6.45, 7) is 1.34. The van der Waals surface area contributed by atoms with Gasteiger partial charge >= 0.3 is 5.97 Å². The van der Waals surface area contributed by atoms with E-state index in [4.69, 9.17) is 10.5 Å². The van der Waals surface area contributed by atoms with Gasteiger partial charge in [-0.15, -0.1) is 0 Å². The molecule has 1 atom stereocenters. The van der Waals surface area contributed by atoms with Gasteiger partial charge in [-0.2, -0.15) is 0 Å². The van der Waals surface area contributed by atoms with Gasteiger partial charge in [0.1, 0.15) is 17.3 Å². The maximum absolute atomic E-state index is 11.9. The third kappa shape index (κ3) is 5.20. The average molecular weight is 332 g/mol. The van der Waals surface area contributed by atoms with Crippen LogP contribution >= 0.6 is 12.2 Å². The minimum absolute atomic E-state index is 0.0970. The minimum Gasteiger partial charge on any atom is -0.487 e. The van der Waals surface area contributed by atoms with E-state index in [2.05, 4.69) is 21.7 Å². The Morgan fingerprint density at radius 2 is 1.95 bits per heavy atom. The van der Waals surface area contributed by atoms with Gasteiger partial charge in [-0.05, 0) is 31.2 Å². The van der Waals surface area contributed by atoms with Gasteiger partial charge in [0.2, 0.25) is 10.0 Å². The van der Waals surface area contributed by atoms with Crippen LogP contribution in [0.25, 0.3) is 0 Å². The molecule has 0 saturated heterocycles. The topological polar surface area (TPSA) is 108 Å². The molecule has 0 bridgehead atoms. The van der Waals surface area contributed by atoms with Gasteiger partial charge in [-0.3, -0.25) is 9.52 Å². The summed E-state index contributed by atoms with van der Waals surface area (Å²) in [5.41, 5.74) is 5.60. The fourth-order valence-corrected chi connectivity index (χ4v) is 2.37. The van der Waals surface area contributed by atoms with Crippen LogP contribution in [0.1, 0.15) is 6.92 Å². The Labute approximate surface area is 128 Å². The number of carbonyl (C=O) groups excluding carboxylic acids is 1. The van der Waals surface area contributed by atoms with Crippen LogP contribution in [0.3, 0.4) is 0 Å². The van der Waals surface area contributed by atoms with E-state index in [1.165, 1.54) is 19.1 Å². The molecule has 9 heteroatoms. The van der Waals surface area contributed by atoms with Crippen molar-refractivity contribution in [3.05, 3.63) is 24.3 Å². The lowest BCUT2D eigenvalue weighted by Gasteiger charge is -2.13. The minimum atomic E-state index is -3.87. The van der Waals surface area contributed by atoms with E-state index in [0.717, 1.165) is 7.11 Å². The number of nitrogens with one attached hydrogen (secondary N) is 1. The Morgan fingerprint density at radius 3 is 2.43 bits per heavy atom. The molecule has 0 heterocycles. The molecule has 0 radical (unpaired) electrons. The predicted molar refractivity (Wildman–Crippen MR) is 82.7 cm³/mol. The quantitative estimate of drug-likeness (QED) is 0.557. The number of hydrogen-bond acceptors (Lipinski definition) is 6. The maximum atomic E-state index is 11.9. The fourth-order valence-electron chi connectivity index (χ4n) is 1.32. The second kappa shape index (κ2) is 7.23. The van der Waals surface area contributed by atoms with E-state index in [1.54, 1.807) is 12.1 Å². The van der Waals surface area contributed by atoms with Gasteiger partial charge in [0.05, 0.1) is 7.11 Å². The summed E-state index contributed by atoms with van der Waals surface area (Å²) < 4.78 is 35.8. The van der Waals surface area contributed by atoms with Crippen molar-refractivity contribution >= 4 is 38.9 Å². The van der Waals surface area contributed by atoms with Crippen LogP contribution < -0.4 is 15.2 Å². The number of carbonyl (C=O) groups is 1. The summed E-state index contributed by atoms with van der Waals surface area (Å²) in [4.78, 5) is 11.5. The van der Waals surface area contributed by atoms with E-state index in [0.29, 0.717) is 11.4 Å². The molecule has 3 N–H and O–H groups in total. The van der Waals surface area contributed by atoms with Crippen molar-refractivity contribution < 1.29 is 22.7 Å². The standard InChI is InChI=1S/C12H16N2O5S2/c1-8(12(15)18-2)21(16,17)14-9-3-5-10(6-4-9)19-7-11(13)20/h3-6,8,14H,7H2,1-2H3,(H2,13,20). The van der Waals surface area contributed by atoms with Crippen LogP contribution in [0.2, 0.25) is 0 Å². The Balaban J connectivity index is 2.75. The third-order valence-electron chi connectivity index (χ3n) is 2.49. The molecular formula is C12H16N2O5S2. The first-order chi connectivity index (χ1) is 9.76. The van der Waals surface area contributed by atoms with Crippen molar-refractivity contribution in [2.75, 3.05) is 18.4 Å². The molecule has 1 aromatic carbocycles. The first-order valence-corrected chi connectivity index (χ1v) is 7.82. The predicted octanol–water partition coefficient (Wildman–Crippen LogP) is 0.655. The van der Waals surface area contributed by atoms with Gasteiger partial charge < -0.3 is 15.2 Å². The van der Waals surface area contributed by atoms with Crippen LogP contribution in [0.4, 0.5) is 5.69 Å². The highest BCUT2D eigenvalue weighted by molar-refractivity contribution is 7.94. The second-order valence-electron chi connectivity index (χ2n) is 4.09. The van der Waals surface area contributed by atoms with Crippen molar-refractivity contribution in [1.29, 1.82) is 0 Å². The van der Waals surface area contributed by atoms with Crippen LogP contribution in [-0.2, 0) is 19.6 Å². The Bertz CT molecular complexity index is 613. The number of anilines is 1. The molecule has 0 aromatic heterocycles. The number of benzene rings is 1. The molecule has 0 aliphatic carbocycles. The van der Waals surface area contributed by atoms with Crippen molar-refractivity contribution in [2.24, 2.45) is 5.73 Å². The van der Waals surface area contributed by atoms with Gasteiger partial charge in [-0.25, -0.2) is 8.42 Å². The zero-order chi connectivity index (χ0) is 16.0. The normalized spacial score (nSPS) is 12.3. The van der Waals surface area contributed by atoms with Crippen LogP contribution in [0, 0.1) is 0 Å². The summed E-state index contributed by atoms with van der Waals surface area (Å²) in [6, 6.07) is 6.10. The van der Waals surface area contributed by atoms with Crippen molar-refractivity contribution in [3.63, 3.8) is 0 Å². The molecule has 0 spiro atoms. The van der Waals surface area contributed by atoms with Crippen molar-refractivity contribution in [3.8, 4) is 5.75 Å². The molecule has 0 saturated carbocycles. The Hall–Kier alpha value is -1.87. The number of methoxy groups -OCH3 is 1. The van der Waals surface area contributed by atoms with E-state index in [-0.39, 0.29) is 11.6 Å². The molecule has 0 aliphatic heterocycles. The molecule has 7 nitrogen and oxygen atoms in total. The number of esters is 1. The second-order valence-corrected chi connectivity index (χ2v) is 6.62. The lowest BCUT2D eigenvalue weighted by Crippen LogP contribution is -2.33. The van der Waals surface area contributed by atoms with E-state index >= 15 is 0 Å². The third-order valence-corrected chi connectivity index (χ3v) is 4.26.